The smallest absolute Gasteiger partial charge is 0.255 e. The molecule has 0 unspecified atom stereocenters. The van der Waals surface area contributed by atoms with Crippen LogP contribution in [0.2, 0.25) is 5.02 Å². The van der Waals surface area contributed by atoms with Crippen molar-refractivity contribution in [3.05, 3.63) is 58.7 Å². The van der Waals surface area contributed by atoms with Crippen molar-refractivity contribution >= 4 is 23.3 Å². The lowest BCUT2D eigenvalue weighted by atomic mass is 9.74. The van der Waals surface area contributed by atoms with Gasteiger partial charge in [0.25, 0.3) is 5.91 Å². The van der Waals surface area contributed by atoms with E-state index in [1.54, 1.807) is 12.3 Å². The van der Waals surface area contributed by atoms with Crippen LogP contribution < -0.4 is 5.32 Å². The molecule has 0 saturated carbocycles. The number of amides is 1. The van der Waals surface area contributed by atoms with Gasteiger partial charge in [0.15, 0.2) is 0 Å². The molecule has 0 radical (unpaired) electrons. The lowest BCUT2D eigenvalue weighted by Crippen LogP contribution is -2.40. The minimum atomic E-state index is -0.00713. The van der Waals surface area contributed by atoms with Gasteiger partial charge in [-0.05, 0) is 43.7 Å². The van der Waals surface area contributed by atoms with Crippen molar-refractivity contribution in [3.8, 4) is 0 Å². The fraction of sp³-hybridized carbons (Fsp3) is 0.478. The zero-order chi connectivity index (χ0) is 20.1. The van der Waals surface area contributed by atoms with Crippen molar-refractivity contribution in [2.75, 3.05) is 38.2 Å². The Balaban J connectivity index is 1.48. The van der Waals surface area contributed by atoms with Crippen LogP contribution in [0.1, 0.15) is 48.0 Å². The van der Waals surface area contributed by atoms with Crippen LogP contribution in [-0.4, -0.2) is 48.6 Å². The normalized spacial score (nSPS) is 19.0. The highest BCUT2D eigenvalue weighted by Crippen LogP contribution is 2.35. The first kappa shape index (κ1) is 20.2. The number of hydrogen-bond acceptors (Lipinski definition) is 4. The molecule has 2 fully saturated rings. The highest BCUT2D eigenvalue weighted by Gasteiger charge is 2.34. The third-order valence-corrected chi connectivity index (χ3v) is 6.45. The minimum Gasteiger partial charge on any atom is -0.381 e. The van der Waals surface area contributed by atoms with E-state index < -0.39 is 0 Å². The van der Waals surface area contributed by atoms with E-state index >= 15 is 0 Å². The number of aromatic nitrogens is 1. The number of ether oxygens (including phenoxy) is 1. The first-order valence-corrected chi connectivity index (χ1v) is 10.9. The van der Waals surface area contributed by atoms with Gasteiger partial charge in [-0.3, -0.25) is 4.79 Å². The molecule has 2 aliphatic rings. The second kappa shape index (κ2) is 9.14. The molecule has 2 saturated heterocycles. The zero-order valence-corrected chi connectivity index (χ0v) is 17.5. The maximum atomic E-state index is 12.7. The summed E-state index contributed by atoms with van der Waals surface area (Å²) in [6.45, 7) is 3.87. The lowest BCUT2D eigenvalue weighted by molar-refractivity contribution is 0.0543. The van der Waals surface area contributed by atoms with Crippen LogP contribution in [0.3, 0.4) is 0 Å². The van der Waals surface area contributed by atoms with Gasteiger partial charge in [-0.1, -0.05) is 41.9 Å². The van der Waals surface area contributed by atoms with Crippen LogP contribution >= 0.6 is 11.6 Å². The van der Waals surface area contributed by atoms with Gasteiger partial charge in [0.2, 0.25) is 0 Å². The average molecular weight is 414 g/mol. The number of nitrogens with zero attached hydrogens (tertiary/aromatic N) is 2. The maximum Gasteiger partial charge on any atom is 0.255 e. The number of benzene rings is 1. The van der Waals surface area contributed by atoms with Gasteiger partial charge in [0, 0.05) is 44.5 Å². The first-order chi connectivity index (χ1) is 14.2. The van der Waals surface area contributed by atoms with Crippen LogP contribution in [0.5, 0.6) is 0 Å². The highest BCUT2D eigenvalue weighted by atomic mass is 35.5. The number of anilines is 1. The fourth-order valence-corrected chi connectivity index (χ4v) is 4.57. The molecule has 1 N–H and O–H groups in total. The van der Waals surface area contributed by atoms with Gasteiger partial charge >= 0.3 is 0 Å². The Hall–Kier alpha value is -2.11. The van der Waals surface area contributed by atoms with Gasteiger partial charge < -0.3 is 15.0 Å². The van der Waals surface area contributed by atoms with Crippen molar-refractivity contribution in [1.82, 2.24) is 9.88 Å². The molecule has 6 heteroatoms. The number of rotatable bonds is 5. The fourth-order valence-electron chi connectivity index (χ4n) is 4.34. The zero-order valence-electron chi connectivity index (χ0n) is 16.7. The summed E-state index contributed by atoms with van der Waals surface area (Å²) in [5.41, 5.74) is 1.86. The Bertz CT molecular complexity index is 831. The molecule has 4 rings (SSSR count). The minimum absolute atomic E-state index is 0.00713. The van der Waals surface area contributed by atoms with Crippen LogP contribution in [0.25, 0.3) is 0 Å². The predicted molar refractivity (Wildman–Crippen MR) is 116 cm³/mol. The summed E-state index contributed by atoms with van der Waals surface area (Å²) in [6.07, 6.45) is 6.88. The van der Waals surface area contributed by atoms with E-state index in [0.717, 1.165) is 58.5 Å². The van der Waals surface area contributed by atoms with E-state index in [1.165, 1.54) is 12.0 Å². The molecular formula is C23H28ClN3O2. The van der Waals surface area contributed by atoms with Crippen molar-refractivity contribution < 1.29 is 9.53 Å². The number of hydrogen-bond donors (Lipinski definition) is 1. The van der Waals surface area contributed by atoms with E-state index in [2.05, 4.69) is 34.6 Å². The van der Waals surface area contributed by atoms with Crippen molar-refractivity contribution in [3.63, 3.8) is 0 Å². The Morgan fingerprint density at radius 1 is 1.14 bits per heavy atom. The number of nitrogens with one attached hydrogen (secondary N) is 1. The van der Waals surface area contributed by atoms with Crippen LogP contribution in [0, 0.1) is 0 Å². The third-order valence-electron chi connectivity index (χ3n) is 6.16. The average Bonchev–Trinajstić information content (AvgIpc) is 2.79. The van der Waals surface area contributed by atoms with E-state index in [-0.39, 0.29) is 11.3 Å². The number of pyridine rings is 1. The quantitative estimate of drug-likeness (QED) is 0.782. The maximum absolute atomic E-state index is 12.7. The molecule has 1 aromatic carbocycles. The molecule has 0 bridgehead atoms. The Morgan fingerprint density at radius 3 is 2.55 bits per heavy atom. The summed E-state index contributed by atoms with van der Waals surface area (Å²) in [5, 5.41) is 3.93. The molecule has 2 aromatic rings. The predicted octanol–water partition coefficient (Wildman–Crippen LogP) is 4.52. The summed E-state index contributed by atoms with van der Waals surface area (Å²) in [4.78, 5) is 19.1. The molecule has 0 atom stereocenters. The summed E-state index contributed by atoms with van der Waals surface area (Å²) >= 11 is 6.50. The second-order valence-corrected chi connectivity index (χ2v) is 8.43. The number of carbonyl (C=O) groups is 1. The Morgan fingerprint density at radius 2 is 1.86 bits per heavy atom. The molecule has 154 valence electrons. The molecule has 5 nitrogen and oxygen atoms in total. The number of halogens is 1. The Labute approximate surface area is 177 Å². The van der Waals surface area contributed by atoms with Gasteiger partial charge in [0.05, 0.1) is 10.6 Å². The van der Waals surface area contributed by atoms with Crippen molar-refractivity contribution in [1.29, 1.82) is 0 Å². The van der Waals surface area contributed by atoms with E-state index in [0.29, 0.717) is 16.4 Å². The molecule has 2 aliphatic heterocycles. The number of likely N-dealkylation sites (tertiary alicyclic amines) is 1. The molecule has 29 heavy (non-hydrogen) atoms. The molecule has 3 heterocycles. The van der Waals surface area contributed by atoms with Crippen LogP contribution in [-0.2, 0) is 10.2 Å². The van der Waals surface area contributed by atoms with Gasteiger partial charge in [-0.2, -0.15) is 0 Å². The standard InChI is InChI=1S/C23H28ClN3O2/c24-20-15-18(22(28)27-11-5-2-6-12-27)16-25-21(20)26-17-23(9-13-29-14-10-23)19-7-3-1-4-8-19/h1,3-4,7-8,15-16H,2,5-6,9-14,17H2,(H,25,26). The number of carbonyl (C=O) groups excluding carboxylic acids is 1. The summed E-state index contributed by atoms with van der Waals surface area (Å²) in [5.74, 6) is 0.652. The summed E-state index contributed by atoms with van der Waals surface area (Å²) in [6, 6.07) is 12.3. The topological polar surface area (TPSA) is 54.5 Å². The molecular weight excluding hydrogens is 386 g/mol. The first-order valence-electron chi connectivity index (χ1n) is 10.5. The van der Waals surface area contributed by atoms with Gasteiger partial charge in [0.1, 0.15) is 5.82 Å². The van der Waals surface area contributed by atoms with Crippen LogP contribution in [0.4, 0.5) is 5.82 Å². The third kappa shape index (κ3) is 4.57. The Kier molecular flexibility index (Phi) is 6.36. The lowest BCUT2D eigenvalue weighted by Gasteiger charge is -2.38. The summed E-state index contributed by atoms with van der Waals surface area (Å²) in [7, 11) is 0. The van der Waals surface area contributed by atoms with E-state index in [1.807, 2.05) is 11.0 Å². The van der Waals surface area contributed by atoms with Crippen molar-refractivity contribution in [2.45, 2.75) is 37.5 Å². The summed E-state index contributed by atoms with van der Waals surface area (Å²) < 4.78 is 5.61. The largest absolute Gasteiger partial charge is 0.381 e. The monoisotopic (exact) mass is 413 g/mol. The molecule has 0 spiro atoms. The molecule has 0 aliphatic carbocycles. The second-order valence-electron chi connectivity index (χ2n) is 8.02. The van der Waals surface area contributed by atoms with Gasteiger partial charge in [-0.25, -0.2) is 4.98 Å². The molecule has 1 aromatic heterocycles. The highest BCUT2D eigenvalue weighted by molar-refractivity contribution is 6.33. The SMILES string of the molecule is O=C(c1cnc(NCC2(c3ccccc3)CCOCC2)c(Cl)c1)N1CCCCC1. The van der Waals surface area contributed by atoms with E-state index in [4.69, 9.17) is 16.3 Å². The van der Waals surface area contributed by atoms with Crippen LogP contribution in [0.15, 0.2) is 42.6 Å². The van der Waals surface area contributed by atoms with Gasteiger partial charge in [-0.15, -0.1) is 0 Å². The number of piperidine rings is 1. The molecule has 1 amide bonds. The van der Waals surface area contributed by atoms with E-state index in [9.17, 15) is 4.79 Å². The van der Waals surface area contributed by atoms with Crippen molar-refractivity contribution in [2.24, 2.45) is 0 Å².